The molecule has 1 aromatic carbocycles. The Morgan fingerprint density at radius 3 is 2.70 bits per heavy atom. The first kappa shape index (κ1) is 19.4. The van der Waals surface area contributed by atoms with Crippen molar-refractivity contribution in [2.75, 3.05) is 19.6 Å². The molecule has 1 saturated heterocycles. The lowest BCUT2D eigenvalue weighted by atomic mass is 10.0. The quantitative estimate of drug-likeness (QED) is 0.637. The molecular weight excluding hydrogens is 318 g/mol. The van der Waals surface area contributed by atoms with Gasteiger partial charge in [0.1, 0.15) is 0 Å². The van der Waals surface area contributed by atoms with E-state index in [0.717, 1.165) is 38.9 Å². The van der Waals surface area contributed by atoms with Crippen molar-refractivity contribution in [2.45, 2.75) is 38.6 Å². The second-order valence-electron chi connectivity index (χ2n) is 5.67. The van der Waals surface area contributed by atoms with E-state index in [0.29, 0.717) is 5.56 Å². The van der Waals surface area contributed by atoms with Gasteiger partial charge in [0.15, 0.2) is 0 Å². The van der Waals surface area contributed by atoms with Crippen molar-refractivity contribution in [3.8, 4) is 0 Å². The smallest absolute Gasteiger partial charge is 0.269 e. The predicted molar refractivity (Wildman–Crippen MR) is 91.9 cm³/mol. The number of hydrogen-bond donors (Lipinski definition) is 1. The van der Waals surface area contributed by atoms with Gasteiger partial charge in [0, 0.05) is 24.7 Å². The third-order valence-corrected chi connectivity index (χ3v) is 4.01. The Balaban J connectivity index is 0.00000264. The van der Waals surface area contributed by atoms with Crippen molar-refractivity contribution in [1.82, 2.24) is 10.2 Å². The summed E-state index contributed by atoms with van der Waals surface area (Å²) in [5.74, 6) is 0.0641. The average molecular weight is 342 g/mol. The minimum atomic E-state index is -0.426. The summed E-state index contributed by atoms with van der Waals surface area (Å²) in [7, 11) is 0. The van der Waals surface area contributed by atoms with Crippen molar-refractivity contribution in [3.05, 3.63) is 39.9 Å². The zero-order valence-electron chi connectivity index (χ0n) is 13.4. The second kappa shape index (κ2) is 9.47. The average Bonchev–Trinajstić information content (AvgIpc) is 2.53. The van der Waals surface area contributed by atoms with Crippen LogP contribution in [0.3, 0.4) is 0 Å². The summed E-state index contributed by atoms with van der Waals surface area (Å²) in [5, 5.41) is 14.1. The lowest BCUT2D eigenvalue weighted by molar-refractivity contribution is -0.384. The SMILES string of the molecule is CCCN(C(=O)Cc1cccc([N+](=O)[O-])c1)C1CCNCC1.Cl. The summed E-state index contributed by atoms with van der Waals surface area (Å²) in [6.07, 6.45) is 3.09. The highest BCUT2D eigenvalue weighted by Gasteiger charge is 2.24. The number of nitrogens with one attached hydrogen (secondary N) is 1. The number of non-ortho nitro benzene ring substituents is 1. The van der Waals surface area contributed by atoms with E-state index in [-0.39, 0.29) is 36.5 Å². The van der Waals surface area contributed by atoms with Crippen LogP contribution in [0.1, 0.15) is 31.7 Å². The first-order chi connectivity index (χ1) is 10.6. The second-order valence-corrected chi connectivity index (χ2v) is 5.67. The fraction of sp³-hybridized carbons (Fsp3) is 0.562. The number of nitro groups is 1. The molecule has 7 heteroatoms. The van der Waals surface area contributed by atoms with E-state index >= 15 is 0 Å². The Morgan fingerprint density at radius 2 is 2.09 bits per heavy atom. The van der Waals surface area contributed by atoms with Gasteiger partial charge in [-0.3, -0.25) is 14.9 Å². The van der Waals surface area contributed by atoms with Crippen molar-refractivity contribution < 1.29 is 9.72 Å². The number of rotatable bonds is 6. The van der Waals surface area contributed by atoms with E-state index < -0.39 is 4.92 Å². The van der Waals surface area contributed by atoms with E-state index in [9.17, 15) is 14.9 Å². The van der Waals surface area contributed by atoms with E-state index in [4.69, 9.17) is 0 Å². The van der Waals surface area contributed by atoms with Gasteiger partial charge in [-0.05, 0) is 37.9 Å². The van der Waals surface area contributed by atoms with E-state index in [2.05, 4.69) is 12.2 Å². The monoisotopic (exact) mass is 341 g/mol. The molecule has 1 N–H and O–H groups in total. The van der Waals surface area contributed by atoms with Gasteiger partial charge in [-0.1, -0.05) is 19.1 Å². The van der Waals surface area contributed by atoms with Crippen LogP contribution in [-0.4, -0.2) is 41.4 Å². The van der Waals surface area contributed by atoms with Crippen LogP contribution < -0.4 is 5.32 Å². The van der Waals surface area contributed by atoms with Crippen LogP contribution in [0, 0.1) is 10.1 Å². The highest BCUT2D eigenvalue weighted by Crippen LogP contribution is 2.17. The highest BCUT2D eigenvalue weighted by atomic mass is 35.5. The molecule has 23 heavy (non-hydrogen) atoms. The largest absolute Gasteiger partial charge is 0.339 e. The van der Waals surface area contributed by atoms with E-state index in [1.165, 1.54) is 12.1 Å². The number of carbonyl (C=O) groups excluding carboxylic acids is 1. The number of amides is 1. The molecule has 0 spiro atoms. The lowest BCUT2D eigenvalue weighted by Gasteiger charge is -2.34. The summed E-state index contributed by atoms with van der Waals surface area (Å²) >= 11 is 0. The van der Waals surface area contributed by atoms with Crippen LogP contribution in [0.25, 0.3) is 0 Å². The molecule has 0 aliphatic carbocycles. The molecular formula is C16H24ClN3O3. The molecule has 6 nitrogen and oxygen atoms in total. The summed E-state index contributed by atoms with van der Waals surface area (Å²) < 4.78 is 0. The minimum absolute atomic E-state index is 0. The molecule has 2 rings (SSSR count). The van der Waals surface area contributed by atoms with Gasteiger partial charge in [-0.25, -0.2) is 0 Å². The number of carbonyl (C=O) groups is 1. The van der Waals surface area contributed by atoms with Crippen molar-refractivity contribution in [3.63, 3.8) is 0 Å². The van der Waals surface area contributed by atoms with Crippen LogP contribution in [0.2, 0.25) is 0 Å². The van der Waals surface area contributed by atoms with Gasteiger partial charge < -0.3 is 10.2 Å². The lowest BCUT2D eigenvalue weighted by Crippen LogP contribution is -2.47. The molecule has 0 radical (unpaired) electrons. The molecule has 1 fully saturated rings. The van der Waals surface area contributed by atoms with Gasteiger partial charge in [-0.2, -0.15) is 0 Å². The molecule has 1 heterocycles. The number of nitrogens with zero attached hydrogens (tertiary/aromatic N) is 2. The summed E-state index contributed by atoms with van der Waals surface area (Å²) in [5.41, 5.74) is 0.739. The van der Waals surface area contributed by atoms with E-state index in [1.54, 1.807) is 12.1 Å². The maximum Gasteiger partial charge on any atom is 0.269 e. The van der Waals surface area contributed by atoms with Crippen LogP contribution in [-0.2, 0) is 11.2 Å². The van der Waals surface area contributed by atoms with Crippen molar-refractivity contribution in [2.24, 2.45) is 0 Å². The molecule has 0 atom stereocenters. The Bertz CT molecular complexity index is 533. The van der Waals surface area contributed by atoms with Crippen molar-refractivity contribution >= 4 is 24.0 Å². The van der Waals surface area contributed by atoms with Gasteiger partial charge in [0.2, 0.25) is 5.91 Å². The van der Waals surface area contributed by atoms with Gasteiger partial charge in [0.25, 0.3) is 5.69 Å². The highest BCUT2D eigenvalue weighted by molar-refractivity contribution is 5.85. The molecule has 1 aliphatic heterocycles. The minimum Gasteiger partial charge on any atom is -0.339 e. The molecule has 0 bridgehead atoms. The Labute approximate surface area is 142 Å². The van der Waals surface area contributed by atoms with Crippen molar-refractivity contribution in [1.29, 1.82) is 0 Å². The zero-order valence-corrected chi connectivity index (χ0v) is 14.2. The van der Waals surface area contributed by atoms with E-state index in [1.807, 2.05) is 4.90 Å². The Morgan fingerprint density at radius 1 is 1.39 bits per heavy atom. The number of benzene rings is 1. The van der Waals surface area contributed by atoms with Crippen LogP contribution in [0.15, 0.2) is 24.3 Å². The molecule has 1 aliphatic rings. The van der Waals surface area contributed by atoms with Gasteiger partial charge >= 0.3 is 0 Å². The zero-order chi connectivity index (χ0) is 15.9. The molecule has 1 aromatic rings. The predicted octanol–water partition coefficient (Wildman–Crippen LogP) is 2.55. The van der Waals surface area contributed by atoms with Crippen LogP contribution >= 0.6 is 12.4 Å². The maximum atomic E-state index is 12.6. The standard InChI is InChI=1S/C16H23N3O3.ClH/c1-2-10-18(14-6-8-17-9-7-14)16(20)12-13-4-3-5-15(11-13)19(21)22;/h3-5,11,14,17H,2,6-10,12H2,1H3;1H. The summed E-state index contributed by atoms with van der Waals surface area (Å²) in [6, 6.07) is 6.63. The normalized spacial score (nSPS) is 14.8. The number of halogens is 1. The topological polar surface area (TPSA) is 75.5 Å². The fourth-order valence-electron chi connectivity index (χ4n) is 2.93. The van der Waals surface area contributed by atoms with Crippen LogP contribution in [0.5, 0.6) is 0 Å². The first-order valence-corrected chi connectivity index (χ1v) is 7.85. The number of piperidine rings is 1. The molecule has 128 valence electrons. The molecule has 0 saturated carbocycles. The number of hydrogen-bond acceptors (Lipinski definition) is 4. The molecule has 0 unspecified atom stereocenters. The summed E-state index contributed by atoms with van der Waals surface area (Å²) in [4.78, 5) is 25.0. The number of nitro benzene ring substituents is 1. The third-order valence-electron chi connectivity index (χ3n) is 4.01. The first-order valence-electron chi connectivity index (χ1n) is 7.85. The third kappa shape index (κ3) is 5.48. The van der Waals surface area contributed by atoms with Gasteiger partial charge in [0.05, 0.1) is 11.3 Å². The van der Waals surface area contributed by atoms with Gasteiger partial charge in [-0.15, -0.1) is 12.4 Å². The maximum absolute atomic E-state index is 12.6. The Kier molecular flexibility index (Phi) is 7.98. The fourth-order valence-corrected chi connectivity index (χ4v) is 2.93. The molecule has 1 amide bonds. The molecule has 0 aromatic heterocycles. The summed E-state index contributed by atoms with van der Waals surface area (Å²) in [6.45, 7) is 4.69. The Hall–Kier alpha value is -1.66. The van der Waals surface area contributed by atoms with Crippen LogP contribution in [0.4, 0.5) is 5.69 Å².